The Labute approximate surface area is 175 Å². The summed E-state index contributed by atoms with van der Waals surface area (Å²) in [5.74, 6) is 0.381. The van der Waals surface area contributed by atoms with Crippen LogP contribution < -0.4 is 4.74 Å². The summed E-state index contributed by atoms with van der Waals surface area (Å²) in [6.45, 7) is 4.24. The second-order valence-corrected chi connectivity index (χ2v) is 7.97. The predicted octanol–water partition coefficient (Wildman–Crippen LogP) is 5.90. The number of carbonyl (C=O) groups excluding carboxylic acids is 2. The van der Waals surface area contributed by atoms with Gasteiger partial charge in [0, 0.05) is 5.02 Å². The fraction of sp³-hybridized carbons (Fsp3) is 0.100. The molecule has 0 atom stereocenters. The molecule has 0 unspecified atom stereocenters. The lowest BCUT2D eigenvalue weighted by atomic mass is 10.2. The molecule has 2 amide bonds. The first-order valence-corrected chi connectivity index (χ1v) is 9.99. The molecule has 0 saturated carbocycles. The van der Waals surface area contributed by atoms with Crippen LogP contribution in [-0.2, 0) is 11.3 Å². The molecule has 0 bridgehead atoms. The van der Waals surface area contributed by atoms with Crippen molar-refractivity contribution in [2.75, 3.05) is 6.61 Å². The van der Waals surface area contributed by atoms with Crippen LogP contribution in [0.4, 0.5) is 4.79 Å². The summed E-state index contributed by atoms with van der Waals surface area (Å²) >= 11 is 10.3. The molecule has 2 aromatic rings. The standard InChI is InChI=1S/C20H15BrClNO3S/c1-2-9-26-17-8-5-14(10-16(17)21)11-18-19(24)23(20(25)27-18)12-13-3-6-15(22)7-4-13/h2-8,10-11H,1,9,12H2/b18-11-. The minimum atomic E-state index is -0.303. The minimum absolute atomic E-state index is 0.219. The molecule has 138 valence electrons. The van der Waals surface area contributed by atoms with Gasteiger partial charge in [-0.2, -0.15) is 0 Å². The summed E-state index contributed by atoms with van der Waals surface area (Å²) in [7, 11) is 0. The van der Waals surface area contributed by atoms with E-state index in [2.05, 4.69) is 22.5 Å². The number of nitrogens with zero attached hydrogens (tertiary/aromatic N) is 1. The predicted molar refractivity (Wildman–Crippen MR) is 113 cm³/mol. The molecule has 0 radical (unpaired) electrons. The zero-order valence-corrected chi connectivity index (χ0v) is 17.3. The number of thioether (sulfide) groups is 1. The van der Waals surface area contributed by atoms with Crippen LogP contribution in [0.3, 0.4) is 0 Å². The van der Waals surface area contributed by atoms with Crippen LogP contribution in [0.25, 0.3) is 6.08 Å². The van der Waals surface area contributed by atoms with Gasteiger partial charge in [0.25, 0.3) is 11.1 Å². The average Bonchev–Trinajstić information content (AvgIpc) is 2.90. The van der Waals surface area contributed by atoms with E-state index in [9.17, 15) is 9.59 Å². The van der Waals surface area contributed by atoms with Gasteiger partial charge in [0.15, 0.2) is 0 Å². The Hall–Kier alpha value is -2.02. The van der Waals surface area contributed by atoms with Crippen molar-refractivity contribution in [3.8, 4) is 5.75 Å². The Morgan fingerprint density at radius 3 is 2.59 bits per heavy atom. The van der Waals surface area contributed by atoms with E-state index < -0.39 is 0 Å². The summed E-state index contributed by atoms with van der Waals surface area (Å²) in [6.07, 6.45) is 3.37. The van der Waals surface area contributed by atoms with Crippen LogP contribution in [0.5, 0.6) is 5.75 Å². The van der Waals surface area contributed by atoms with E-state index in [1.807, 2.05) is 12.1 Å². The Bertz CT molecular complexity index is 927. The van der Waals surface area contributed by atoms with Crippen molar-refractivity contribution in [2.24, 2.45) is 0 Å². The van der Waals surface area contributed by atoms with Gasteiger partial charge in [-0.3, -0.25) is 14.5 Å². The molecule has 0 N–H and O–H groups in total. The lowest BCUT2D eigenvalue weighted by molar-refractivity contribution is -0.123. The number of hydrogen-bond donors (Lipinski definition) is 0. The highest BCUT2D eigenvalue weighted by atomic mass is 79.9. The maximum Gasteiger partial charge on any atom is 0.293 e. The van der Waals surface area contributed by atoms with E-state index in [4.69, 9.17) is 16.3 Å². The summed E-state index contributed by atoms with van der Waals surface area (Å²) in [4.78, 5) is 26.5. The van der Waals surface area contributed by atoms with E-state index in [0.717, 1.165) is 27.4 Å². The molecular formula is C20H15BrClNO3S. The highest BCUT2D eigenvalue weighted by Crippen LogP contribution is 2.34. The van der Waals surface area contributed by atoms with Gasteiger partial charge in [-0.15, -0.1) is 0 Å². The quantitative estimate of drug-likeness (QED) is 0.394. The van der Waals surface area contributed by atoms with E-state index in [-0.39, 0.29) is 17.7 Å². The van der Waals surface area contributed by atoms with Gasteiger partial charge in [-0.25, -0.2) is 0 Å². The fourth-order valence-corrected chi connectivity index (χ4v) is 3.91. The zero-order valence-electron chi connectivity index (χ0n) is 14.2. The lowest BCUT2D eigenvalue weighted by Gasteiger charge is -2.12. The van der Waals surface area contributed by atoms with Crippen molar-refractivity contribution in [1.82, 2.24) is 4.90 Å². The van der Waals surface area contributed by atoms with Gasteiger partial charge in [-0.05, 0) is 69.2 Å². The molecule has 1 fully saturated rings. The third kappa shape index (κ3) is 4.83. The smallest absolute Gasteiger partial charge is 0.293 e. The average molecular weight is 465 g/mol. The van der Waals surface area contributed by atoms with Gasteiger partial charge >= 0.3 is 0 Å². The lowest BCUT2D eigenvalue weighted by Crippen LogP contribution is -2.27. The van der Waals surface area contributed by atoms with Crippen LogP contribution in [0.15, 0.2) is 64.5 Å². The number of imide groups is 1. The van der Waals surface area contributed by atoms with E-state index in [0.29, 0.717) is 22.3 Å². The highest BCUT2D eigenvalue weighted by Gasteiger charge is 2.34. The molecule has 3 rings (SSSR count). The van der Waals surface area contributed by atoms with E-state index in [1.54, 1.807) is 42.5 Å². The summed E-state index contributed by atoms with van der Waals surface area (Å²) in [5.41, 5.74) is 1.64. The topological polar surface area (TPSA) is 46.6 Å². The molecule has 1 aliphatic heterocycles. The van der Waals surface area contributed by atoms with Crippen molar-refractivity contribution in [3.63, 3.8) is 0 Å². The summed E-state index contributed by atoms with van der Waals surface area (Å²) in [5, 5.41) is 0.324. The maximum atomic E-state index is 12.6. The van der Waals surface area contributed by atoms with Gasteiger partial charge in [0.2, 0.25) is 0 Å². The first-order chi connectivity index (χ1) is 13.0. The zero-order chi connectivity index (χ0) is 19.4. The summed E-state index contributed by atoms with van der Waals surface area (Å²) < 4.78 is 6.27. The number of ether oxygens (including phenoxy) is 1. The van der Waals surface area contributed by atoms with E-state index >= 15 is 0 Å². The molecule has 7 heteroatoms. The first-order valence-electron chi connectivity index (χ1n) is 8.01. The van der Waals surface area contributed by atoms with Crippen molar-refractivity contribution in [1.29, 1.82) is 0 Å². The number of hydrogen-bond acceptors (Lipinski definition) is 4. The molecule has 27 heavy (non-hydrogen) atoms. The monoisotopic (exact) mass is 463 g/mol. The highest BCUT2D eigenvalue weighted by molar-refractivity contribution is 9.10. The number of benzene rings is 2. The van der Waals surface area contributed by atoms with Gasteiger partial charge in [-0.1, -0.05) is 42.5 Å². The van der Waals surface area contributed by atoms with Crippen molar-refractivity contribution in [3.05, 3.63) is 80.6 Å². The Morgan fingerprint density at radius 2 is 1.93 bits per heavy atom. The summed E-state index contributed by atoms with van der Waals surface area (Å²) in [6, 6.07) is 12.5. The Morgan fingerprint density at radius 1 is 1.19 bits per heavy atom. The molecule has 0 aliphatic carbocycles. The molecule has 1 aliphatic rings. The van der Waals surface area contributed by atoms with Crippen molar-refractivity contribution >= 4 is 56.5 Å². The minimum Gasteiger partial charge on any atom is -0.488 e. The van der Waals surface area contributed by atoms with E-state index in [1.165, 1.54) is 4.90 Å². The van der Waals surface area contributed by atoms with Crippen LogP contribution in [0.2, 0.25) is 5.02 Å². The Kier molecular flexibility index (Phi) is 6.42. The van der Waals surface area contributed by atoms with Crippen LogP contribution in [0.1, 0.15) is 11.1 Å². The van der Waals surface area contributed by atoms with Crippen molar-refractivity contribution in [2.45, 2.75) is 6.54 Å². The van der Waals surface area contributed by atoms with Crippen LogP contribution in [-0.4, -0.2) is 22.7 Å². The molecule has 0 spiro atoms. The third-order valence-corrected chi connectivity index (χ3v) is 5.52. The molecule has 1 heterocycles. The first kappa shape index (κ1) is 19.7. The van der Waals surface area contributed by atoms with Crippen LogP contribution in [0, 0.1) is 0 Å². The number of carbonyl (C=O) groups is 2. The second kappa shape index (κ2) is 8.78. The fourth-order valence-electron chi connectivity index (χ4n) is 2.43. The number of amides is 2. The molecule has 1 saturated heterocycles. The maximum absolute atomic E-state index is 12.6. The number of halogens is 2. The normalized spacial score (nSPS) is 15.5. The number of rotatable bonds is 6. The second-order valence-electron chi connectivity index (χ2n) is 5.68. The largest absolute Gasteiger partial charge is 0.488 e. The van der Waals surface area contributed by atoms with Crippen molar-refractivity contribution < 1.29 is 14.3 Å². The molecule has 4 nitrogen and oxygen atoms in total. The molecular weight excluding hydrogens is 450 g/mol. The molecule has 0 aromatic heterocycles. The van der Waals surface area contributed by atoms with Gasteiger partial charge in [0.1, 0.15) is 12.4 Å². The van der Waals surface area contributed by atoms with Crippen LogP contribution >= 0.6 is 39.3 Å². The third-order valence-electron chi connectivity index (χ3n) is 3.74. The Balaban J connectivity index is 1.76. The van der Waals surface area contributed by atoms with Gasteiger partial charge in [0.05, 0.1) is 15.9 Å². The SMILES string of the molecule is C=CCOc1ccc(/C=C2\SC(=O)N(Cc3ccc(Cl)cc3)C2=O)cc1Br. The van der Waals surface area contributed by atoms with Gasteiger partial charge < -0.3 is 4.74 Å². The molecule has 2 aromatic carbocycles.